The first-order chi connectivity index (χ1) is 32.6. The predicted molar refractivity (Wildman–Crippen MR) is 272 cm³/mol. The predicted octanol–water partition coefficient (Wildman–Crippen LogP) is 13.6. The van der Waals surface area contributed by atoms with Crippen LogP contribution in [0.1, 0.15) is 22.9 Å². The third kappa shape index (κ3) is 6.78. The summed E-state index contributed by atoms with van der Waals surface area (Å²) in [4.78, 5) is 21.8. The van der Waals surface area contributed by atoms with Gasteiger partial charge in [0.25, 0.3) is 0 Å². The molecule has 0 saturated heterocycles. The largest absolute Gasteiger partial charge is 0.336 e. The van der Waals surface area contributed by atoms with Gasteiger partial charge in [-0.2, -0.15) is 9.98 Å². The minimum atomic E-state index is -0.109. The summed E-state index contributed by atoms with van der Waals surface area (Å²) in [7, 11) is 0. The minimum Gasteiger partial charge on any atom is -0.228 e. The van der Waals surface area contributed by atoms with Crippen molar-refractivity contribution in [3.63, 3.8) is 0 Å². The Kier molecular flexibility index (Phi) is 8.93. The number of aliphatic imine (C=N–C) groups is 2. The average Bonchev–Trinajstić information content (AvgIpc) is 3.38. The van der Waals surface area contributed by atoms with Crippen molar-refractivity contribution in [2.75, 3.05) is 0 Å². The third-order valence-corrected chi connectivity index (χ3v) is 13.2. The molecule has 2 atom stereocenters. The van der Waals surface area contributed by atoms with Gasteiger partial charge in [-0.3, -0.25) is 0 Å². The topological polar surface area (TPSA) is 54.9 Å². The lowest BCUT2D eigenvalue weighted by atomic mass is 9.96. The molecule has 2 aliphatic heterocycles. The smallest absolute Gasteiger partial charge is 0.228 e. The molecule has 5 heteroatoms. The Morgan fingerprint density at radius 2 is 0.742 bits per heavy atom. The molecule has 3 heterocycles. The first-order valence-electron chi connectivity index (χ1n) is 22.5. The summed E-state index contributed by atoms with van der Waals surface area (Å²) in [5.74, 6) is 1.51. The van der Waals surface area contributed by atoms with E-state index in [0.29, 0.717) is 5.82 Å². The molecule has 11 aromatic rings. The molecule has 0 aliphatic carbocycles. The van der Waals surface area contributed by atoms with Crippen LogP contribution in [0.25, 0.3) is 93.8 Å². The number of fused-ring (bicyclic) bond motifs is 5. The summed E-state index contributed by atoms with van der Waals surface area (Å²) < 4.78 is 0. The lowest BCUT2D eigenvalue weighted by Crippen LogP contribution is -3.16. The third-order valence-electron chi connectivity index (χ3n) is 13.2. The summed E-state index contributed by atoms with van der Waals surface area (Å²) in [6.45, 7) is 0. The Hall–Kier alpha value is -8.64. The molecule has 5 nitrogen and oxygen atoms in total. The molecule has 1 N–H and O–H groups in total. The van der Waals surface area contributed by atoms with Crippen LogP contribution in [0.15, 0.2) is 241 Å². The second-order valence-corrected chi connectivity index (χ2v) is 17.2. The van der Waals surface area contributed by atoms with E-state index in [2.05, 4.69) is 231 Å². The fourth-order valence-corrected chi connectivity index (χ4v) is 9.60. The van der Waals surface area contributed by atoms with Crippen LogP contribution in [0.4, 0.5) is 0 Å². The Labute approximate surface area is 382 Å². The quantitative estimate of drug-likeness (QED) is 0.174. The van der Waals surface area contributed by atoms with E-state index in [9.17, 15) is 0 Å². The molecule has 308 valence electrons. The van der Waals surface area contributed by atoms with Gasteiger partial charge < -0.3 is 0 Å². The maximum Gasteiger partial charge on any atom is 0.336 e. The molecule has 0 fully saturated rings. The zero-order chi connectivity index (χ0) is 43.6. The first-order valence-corrected chi connectivity index (χ1v) is 22.5. The number of guanidine groups is 1. The second-order valence-electron chi connectivity index (χ2n) is 17.2. The van der Waals surface area contributed by atoms with Gasteiger partial charge in [-0.15, -0.1) is 0 Å². The fourth-order valence-electron chi connectivity index (χ4n) is 9.60. The lowest BCUT2D eigenvalue weighted by molar-refractivity contribution is -0.787. The van der Waals surface area contributed by atoms with Gasteiger partial charge in [0, 0.05) is 39.5 Å². The fraction of sp³-hybridized carbons (Fsp3) is 0.0164. The highest BCUT2D eigenvalue weighted by Gasteiger charge is 2.45. The van der Waals surface area contributed by atoms with Gasteiger partial charge >= 0.3 is 5.96 Å². The van der Waals surface area contributed by atoms with Gasteiger partial charge in [0.1, 0.15) is 5.70 Å². The van der Waals surface area contributed by atoms with E-state index in [-0.39, 0.29) is 6.17 Å². The van der Waals surface area contributed by atoms with Gasteiger partial charge in [-0.25, -0.2) is 14.9 Å². The van der Waals surface area contributed by atoms with Gasteiger partial charge in [0.15, 0.2) is 5.82 Å². The number of hydrogen-bond acceptors (Lipinski definition) is 4. The molecule has 0 amide bonds. The van der Waals surface area contributed by atoms with Crippen LogP contribution < -0.4 is 4.90 Å². The molecule has 2 unspecified atom stereocenters. The number of quaternary nitrogens is 1. The molecule has 66 heavy (non-hydrogen) atoms. The van der Waals surface area contributed by atoms with Gasteiger partial charge in [0.2, 0.25) is 6.17 Å². The number of benzene rings is 10. The van der Waals surface area contributed by atoms with E-state index in [0.717, 1.165) is 67.4 Å². The van der Waals surface area contributed by atoms with Crippen molar-refractivity contribution in [1.29, 1.82) is 0 Å². The van der Waals surface area contributed by atoms with Crippen LogP contribution >= 0.6 is 0 Å². The van der Waals surface area contributed by atoms with Crippen molar-refractivity contribution in [2.24, 2.45) is 9.98 Å². The maximum absolute atomic E-state index is 5.19. The van der Waals surface area contributed by atoms with E-state index in [1.807, 2.05) is 0 Å². The standard InChI is InChI=1S/C61H39N5/c1-5-13-47-33-51(29-21-39(47)9-1)56-37-55(62-59(63-56)54-32-24-42-12-4-8-16-50(42)36-54)45-25-17-43(18-26-45)44-19-27-46(28-20-44)60-65-61-64-57(52-30-22-40-10-2-6-14-48(40)34-52)38-58(66(60)61)53-31-23-41-11-3-7-15-49(41)35-53/h1-38,60H/p+1. The zero-order valence-electron chi connectivity index (χ0n) is 35.8. The van der Waals surface area contributed by atoms with Crippen molar-refractivity contribution >= 4 is 60.5 Å². The number of aromatic nitrogens is 2. The molecule has 0 bridgehead atoms. The Balaban J connectivity index is 0.821. The maximum atomic E-state index is 5.19. The highest BCUT2D eigenvalue weighted by Crippen LogP contribution is 2.33. The normalized spacial score (nSPS) is 15.5. The average molecular weight is 843 g/mol. The molecule has 0 radical (unpaired) electrons. The number of nitrogens with zero attached hydrogens (tertiary/aromatic N) is 4. The summed E-state index contributed by atoms with van der Waals surface area (Å²) in [6.07, 6.45) is 2.15. The van der Waals surface area contributed by atoms with Gasteiger partial charge in [0.05, 0.1) is 17.1 Å². The van der Waals surface area contributed by atoms with E-state index in [4.69, 9.17) is 20.0 Å². The summed E-state index contributed by atoms with van der Waals surface area (Å²) in [6, 6.07) is 80.0. The van der Waals surface area contributed by atoms with Crippen LogP contribution in [-0.2, 0) is 0 Å². The highest BCUT2D eigenvalue weighted by atomic mass is 15.4. The van der Waals surface area contributed by atoms with Crippen LogP contribution in [-0.4, -0.2) is 21.6 Å². The number of rotatable bonds is 7. The van der Waals surface area contributed by atoms with Crippen LogP contribution in [0.2, 0.25) is 0 Å². The SMILES string of the molecule is C1=C(c2ccc3ccccc3c2)[NH+]2C(=NC2c2ccc(-c3ccc(-c4cc(-c5ccc6ccccc6c5)nc(-c5ccc6ccccc6c5)n4)cc3)cc2)N=C1c1ccc2ccccc2c1. The van der Waals surface area contributed by atoms with Gasteiger partial charge in [-0.05, 0) is 90.6 Å². The molecule has 10 aromatic carbocycles. The number of nitrogens with one attached hydrogen (secondary N) is 1. The lowest BCUT2D eigenvalue weighted by Gasteiger charge is -2.35. The van der Waals surface area contributed by atoms with Crippen molar-refractivity contribution in [2.45, 2.75) is 6.17 Å². The molecule has 0 spiro atoms. The zero-order valence-corrected chi connectivity index (χ0v) is 35.8. The van der Waals surface area contributed by atoms with Crippen LogP contribution in [0.5, 0.6) is 0 Å². The van der Waals surface area contributed by atoms with Crippen molar-refractivity contribution in [3.05, 3.63) is 247 Å². The van der Waals surface area contributed by atoms with Crippen LogP contribution in [0.3, 0.4) is 0 Å². The first kappa shape index (κ1) is 37.9. The van der Waals surface area contributed by atoms with E-state index in [1.165, 1.54) is 53.9 Å². The molecular weight excluding hydrogens is 803 g/mol. The van der Waals surface area contributed by atoms with Gasteiger partial charge in [-0.1, -0.05) is 188 Å². The van der Waals surface area contributed by atoms with Crippen molar-refractivity contribution in [3.8, 4) is 45.0 Å². The molecule has 0 saturated carbocycles. The van der Waals surface area contributed by atoms with E-state index < -0.39 is 0 Å². The van der Waals surface area contributed by atoms with Crippen LogP contribution in [0, 0.1) is 0 Å². The molecular formula is C61H40N5+. The second kappa shape index (κ2) is 15.6. The Morgan fingerprint density at radius 1 is 0.333 bits per heavy atom. The molecule has 13 rings (SSSR count). The Bertz CT molecular complexity index is 3730. The van der Waals surface area contributed by atoms with E-state index >= 15 is 0 Å². The number of allylic oxidation sites excluding steroid dienone is 1. The molecule has 2 aliphatic rings. The van der Waals surface area contributed by atoms with Crippen molar-refractivity contribution < 1.29 is 4.90 Å². The summed E-state index contributed by atoms with van der Waals surface area (Å²) in [5.41, 5.74) is 12.6. The summed E-state index contributed by atoms with van der Waals surface area (Å²) >= 11 is 0. The highest BCUT2D eigenvalue weighted by molar-refractivity contribution is 6.18. The summed E-state index contributed by atoms with van der Waals surface area (Å²) in [5, 5.41) is 9.59. The van der Waals surface area contributed by atoms with Crippen molar-refractivity contribution in [1.82, 2.24) is 9.97 Å². The monoisotopic (exact) mass is 842 g/mol. The number of hydrogen-bond donors (Lipinski definition) is 1. The Morgan fingerprint density at radius 3 is 1.32 bits per heavy atom. The minimum absolute atomic E-state index is 0.109. The van der Waals surface area contributed by atoms with E-state index in [1.54, 1.807) is 0 Å². The molecule has 1 aromatic heterocycles.